The largest absolute Gasteiger partial charge is 0.355 e. The van der Waals surface area contributed by atoms with E-state index < -0.39 is 0 Å². The lowest BCUT2D eigenvalue weighted by atomic mass is 10.1. The smallest absolute Gasteiger partial charge is 0.228 e. The summed E-state index contributed by atoms with van der Waals surface area (Å²) < 4.78 is 5.18. The number of carbonyl (C=O) groups excluding carboxylic acids is 1. The number of carbonyl (C=O) groups is 1. The Balaban J connectivity index is 1.46. The van der Waals surface area contributed by atoms with Crippen molar-refractivity contribution in [1.29, 1.82) is 0 Å². The van der Waals surface area contributed by atoms with Crippen LogP contribution < -0.4 is 5.32 Å². The predicted octanol–water partition coefficient (Wildman–Crippen LogP) is 2.70. The van der Waals surface area contributed by atoms with Crippen molar-refractivity contribution in [3.05, 3.63) is 59.3 Å². The van der Waals surface area contributed by atoms with Gasteiger partial charge in [-0.1, -0.05) is 41.6 Å². The Bertz CT molecular complexity index is 723. The van der Waals surface area contributed by atoms with E-state index in [9.17, 15) is 4.79 Å². The standard InChI is InChI=1S/C16H15N3O2S/c20-14(11-12-5-2-1-3-6-12)17-9-8-15-18-16(19-21-15)13-7-4-10-22-13/h1-7,10H,8-9,11H2,(H,17,20). The molecule has 2 heterocycles. The molecule has 0 saturated heterocycles. The van der Waals surface area contributed by atoms with Crippen molar-refractivity contribution in [2.45, 2.75) is 12.8 Å². The van der Waals surface area contributed by atoms with Gasteiger partial charge in [-0.25, -0.2) is 0 Å². The SMILES string of the molecule is O=C(Cc1ccccc1)NCCc1nc(-c2cccs2)no1. The van der Waals surface area contributed by atoms with E-state index in [0.29, 0.717) is 31.1 Å². The summed E-state index contributed by atoms with van der Waals surface area (Å²) in [5, 5.41) is 8.76. The highest BCUT2D eigenvalue weighted by atomic mass is 32.1. The van der Waals surface area contributed by atoms with E-state index in [0.717, 1.165) is 10.4 Å². The van der Waals surface area contributed by atoms with Gasteiger partial charge in [0.25, 0.3) is 0 Å². The van der Waals surface area contributed by atoms with Gasteiger partial charge >= 0.3 is 0 Å². The molecule has 6 heteroatoms. The van der Waals surface area contributed by atoms with Crippen molar-refractivity contribution in [2.24, 2.45) is 0 Å². The fourth-order valence-corrected chi connectivity index (χ4v) is 2.66. The van der Waals surface area contributed by atoms with Crippen LogP contribution in [0.15, 0.2) is 52.4 Å². The average molecular weight is 313 g/mol. The first-order chi connectivity index (χ1) is 10.8. The number of nitrogens with zero attached hydrogens (tertiary/aromatic N) is 2. The van der Waals surface area contributed by atoms with Crippen molar-refractivity contribution < 1.29 is 9.32 Å². The number of hydrogen-bond acceptors (Lipinski definition) is 5. The van der Waals surface area contributed by atoms with Crippen LogP contribution in [0.3, 0.4) is 0 Å². The zero-order chi connectivity index (χ0) is 15.2. The molecule has 112 valence electrons. The molecule has 22 heavy (non-hydrogen) atoms. The summed E-state index contributed by atoms with van der Waals surface area (Å²) in [4.78, 5) is 17.1. The summed E-state index contributed by atoms with van der Waals surface area (Å²) in [6, 6.07) is 13.5. The molecule has 0 saturated carbocycles. The molecule has 0 unspecified atom stereocenters. The molecule has 3 rings (SSSR count). The van der Waals surface area contributed by atoms with Gasteiger partial charge in [0.1, 0.15) is 0 Å². The lowest BCUT2D eigenvalue weighted by Crippen LogP contribution is -2.27. The predicted molar refractivity (Wildman–Crippen MR) is 84.5 cm³/mol. The number of rotatable bonds is 6. The molecule has 1 aromatic carbocycles. The van der Waals surface area contributed by atoms with Gasteiger partial charge in [-0.2, -0.15) is 4.98 Å². The second-order valence-electron chi connectivity index (χ2n) is 4.75. The molecule has 5 nitrogen and oxygen atoms in total. The highest BCUT2D eigenvalue weighted by Crippen LogP contribution is 2.21. The van der Waals surface area contributed by atoms with Crippen molar-refractivity contribution in [1.82, 2.24) is 15.5 Å². The normalized spacial score (nSPS) is 10.5. The Morgan fingerprint density at radius 3 is 2.82 bits per heavy atom. The van der Waals surface area contributed by atoms with Crippen LogP contribution in [0.1, 0.15) is 11.5 Å². The molecule has 0 atom stereocenters. The van der Waals surface area contributed by atoms with Gasteiger partial charge in [-0.15, -0.1) is 11.3 Å². The number of aromatic nitrogens is 2. The molecule has 0 spiro atoms. The van der Waals surface area contributed by atoms with Gasteiger partial charge in [-0.3, -0.25) is 4.79 Å². The van der Waals surface area contributed by atoms with E-state index >= 15 is 0 Å². The van der Waals surface area contributed by atoms with Crippen LogP contribution in [0.4, 0.5) is 0 Å². The molecule has 0 fully saturated rings. The third-order valence-corrected chi connectivity index (χ3v) is 3.94. The van der Waals surface area contributed by atoms with E-state index in [4.69, 9.17) is 4.52 Å². The van der Waals surface area contributed by atoms with Crippen LogP contribution in [0.25, 0.3) is 10.7 Å². The third kappa shape index (κ3) is 3.79. The summed E-state index contributed by atoms with van der Waals surface area (Å²) in [5.41, 5.74) is 0.998. The monoisotopic (exact) mass is 313 g/mol. The molecule has 2 aromatic heterocycles. The molecule has 3 aromatic rings. The van der Waals surface area contributed by atoms with Crippen LogP contribution >= 0.6 is 11.3 Å². The van der Waals surface area contributed by atoms with Crippen molar-refractivity contribution in [3.63, 3.8) is 0 Å². The summed E-state index contributed by atoms with van der Waals surface area (Å²) >= 11 is 1.56. The van der Waals surface area contributed by atoms with E-state index in [1.807, 2.05) is 47.8 Å². The second kappa shape index (κ2) is 7.00. The van der Waals surface area contributed by atoms with E-state index in [2.05, 4.69) is 15.5 Å². The molecule has 0 bridgehead atoms. The molecule has 1 amide bonds. The van der Waals surface area contributed by atoms with Crippen LogP contribution in [0, 0.1) is 0 Å². The summed E-state index contributed by atoms with van der Waals surface area (Å²) in [6.07, 6.45) is 0.907. The van der Waals surface area contributed by atoms with Crippen LogP contribution in [0.2, 0.25) is 0 Å². The zero-order valence-electron chi connectivity index (χ0n) is 11.9. The number of amides is 1. The van der Waals surface area contributed by atoms with E-state index in [1.165, 1.54) is 0 Å². The Morgan fingerprint density at radius 2 is 2.05 bits per heavy atom. The summed E-state index contributed by atoms with van der Waals surface area (Å²) in [5.74, 6) is 1.12. The Kier molecular flexibility index (Phi) is 4.60. The lowest BCUT2D eigenvalue weighted by molar-refractivity contribution is -0.120. The minimum absolute atomic E-state index is 0.0100. The minimum Gasteiger partial charge on any atom is -0.355 e. The van der Waals surface area contributed by atoms with Crippen LogP contribution in [0.5, 0.6) is 0 Å². The number of hydrogen-bond donors (Lipinski definition) is 1. The van der Waals surface area contributed by atoms with Gasteiger partial charge in [-0.05, 0) is 17.0 Å². The lowest BCUT2D eigenvalue weighted by Gasteiger charge is -2.03. The first-order valence-corrected chi connectivity index (χ1v) is 7.86. The van der Waals surface area contributed by atoms with Gasteiger partial charge in [0.15, 0.2) is 0 Å². The number of benzene rings is 1. The number of nitrogens with one attached hydrogen (secondary N) is 1. The Morgan fingerprint density at radius 1 is 1.18 bits per heavy atom. The quantitative estimate of drug-likeness (QED) is 0.760. The molecule has 0 aliphatic rings. The maximum absolute atomic E-state index is 11.8. The second-order valence-corrected chi connectivity index (χ2v) is 5.70. The summed E-state index contributed by atoms with van der Waals surface area (Å²) in [6.45, 7) is 0.484. The minimum atomic E-state index is -0.0100. The van der Waals surface area contributed by atoms with E-state index in [-0.39, 0.29) is 5.91 Å². The average Bonchev–Trinajstić information content (AvgIpc) is 3.19. The first-order valence-electron chi connectivity index (χ1n) is 6.98. The highest BCUT2D eigenvalue weighted by Gasteiger charge is 2.09. The topological polar surface area (TPSA) is 68.0 Å². The molecular formula is C16H15N3O2S. The number of thiophene rings is 1. The zero-order valence-corrected chi connectivity index (χ0v) is 12.7. The molecule has 0 aliphatic carbocycles. The Labute approximate surface area is 132 Å². The van der Waals surface area contributed by atoms with Crippen molar-refractivity contribution in [2.75, 3.05) is 6.54 Å². The Hall–Kier alpha value is -2.47. The fraction of sp³-hybridized carbons (Fsp3) is 0.188. The molecule has 1 N–H and O–H groups in total. The molecule has 0 aliphatic heterocycles. The van der Waals surface area contributed by atoms with Crippen molar-refractivity contribution >= 4 is 17.2 Å². The van der Waals surface area contributed by atoms with E-state index in [1.54, 1.807) is 11.3 Å². The summed E-state index contributed by atoms with van der Waals surface area (Å²) in [7, 11) is 0. The van der Waals surface area contributed by atoms with Crippen LogP contribution in [-0.2, 0) is 17.6 Å². The highest BCUT2D eigenvalue weighted by molar-refractivity contribution is 7.13. The van der Waals surface area contributed by atoms with Gasteiger partial charge < -0.3 is 9.84 Å². The maximum atomic E-state index is 11.8. The van der Waals surface area contributed by atoms with Crippen molar-refractivity contribution in [3.8, 4) is 10.7 Å². The van der Waals surface area contributed by atoms with Gasteiger partial charge in [0.2, 0.25) is 17.6 Å². The molecular weight excluding hydrogens is 298 g/mol. The maximum Gasteiger partial charge on any atom is 0.228 e. The van der Waals surface area contributed by atoms with Gasteiger partial charge in [0, 0.05) is 13.0 Å². The third-order valence-electron chi connectivity index (χ3n) is 3.08. The molecule has 0 radical (unpaired) electrons. The van der Waals surface area contributed by atoms with Gasteiger partial charge in [0.05, 0.1) is 11.3 Å². The first kappa shape index (κ1) is 14.5. The fourth-order valence-electron chi connectivity index (χ4n) is 2.01. The van der Waals surface area contributed by atoms with Crippen LogP contribution in [-0.4, -0.2) is 22.6 Å².